The Morgan fingerprint density at radius 3 is 2.58 bits per heavy atom. The van der Waals surface area contributed by atoms with E-state index in [1.807, 2.05) is 18.7 Å². The lowest BCUT2D eigenvalue weighted by Gasteiger charge is -2.25. The van der Waals surface area contributed by atoms with Crippen LogP contribution >= 0.6 is 0 Å². The Bertz CT molecular complexity index is 1150. The SMILES string of the molecule is CCN(CC)c1ccc(C(F)(F)F)cc1NC(=O)CCn1cnc2c(cnn2C)c1=O. The number of rotatable bonds is 7. The Balaban J connectivity index is 1.80. The number of carbonyl (C=O) groups excluding carboxylic acids is 1. The number of amides is 1. The summed E-state index contributed by atoms with van der Waals surface area (Å²) < 4.78 is 42.2. The molecule has 0 saturated heterocycles. The summed E-state index contributed by atoms with van der Waals surface area (Å²) in [6.07, 6.45) is -1.91. The van der Waals surface area contributed by atoms with Gasteiger partial charge >= 0.3 is 6.18 Å². The molecular formula is C20H23F3N6O2. The number of hydrogen-bond donors (Lipinski definition) is 1. The fourth-order valence-corrected chi connectivity index (χ4v) is 3.31. The fraction of sp³-hybridized carbons (Fsp3) is 0.400. The second kappa shape index (κ2) is 8.78. The van der Waals surface area contributed by atoms with Gasteiger partial charge < -0.3 is 10.2 Å². The normalized spacial score (nSPS) is 11.7. The maximum absolute atomic E-state index is 13.2. The molecule has 166 valence electrons. The standard InChI is InChI=1S/C20H23F3N6O2/c1-4-28(5-2)16-7-6-13(20(21,22)23)10-15(16)26-17(30)8-9-29-12-24-18-14(19(29)31)11-25-27(18)3/h6-7,10-12H,4-5,8-9H2,1-3H3,(H,26,30). The van der Waals surface area contributed by atoms with Gasteiger partial charge in [-0.1, -0.05) is 0 Å². The molecule has 0 aliphatic rings. The van der Waals surface area contributed by atoms with E-state index in [1.54, 1.807) is 7.05 Å². The Morgan fingerprint density at radius 2 is 1.94 bits per heavy atom. The average Bonchev–Trinajstić information content (AvgIpc) is 3.10. The maximum atomic E-state index is 13.2. The molecule has 3 aromatic rings. The summed E-state index contributed by atoms with van der Waals surface area (Å²) in [4.78, 5) is 31.0. The number of halogens is 3. The highest BCUT2D eigenvalue weighted by molar-refractivity contribution is 5.94. The number of alkyl halides is 3. The summed E-state index contributed by atoms with van der Waals surface area (Å²) in [7, 11) is 1.66. The summed E-state index contributed by atoms with van der Waals surface area (Å²) in [5.41, 5.74) is -0.174. The van der Waals surface area contributed by atoms with Crippen LogP contribution in [0, 0.1) is 0 Å². The van der Waals surface area contributed by atoms with Crippen LogP contribution in [0.2, 0.25) is 0 Å². The van der Waals surface area contributed by atoms with E-state index in [-0.39, 0.29) is 24.2 Å². The van der Waals surface area contributed by atoms with Crippen molar-refractivity contribution in [3.63, 3.8) is 0 Å². The molecule has 0 spiro atoms. The molecule has 3 rings (SSSR count). The van der Waals surface area contributed by atoms with Crippen LogP contribution < -0.4 is 15.8 Å². The van der Waals surface area contributed by atoms with Crippen molar-refractivity contribution in [3.8, 4) is 0 Å². The number of benzene rings is 1. The van der Waals surface area contributed by atoms with Crippen LogP contribution in [-0.4, -0.2) is 38.3 Å². The Hall–Kier alpha value is -3.37. The van der Waals surface area contributed by atoms with E-state index in [9.17, 15) is 22.8 Å². The van der Waals surface area contributed by atoms with Gasteiger partial charge in [-0.3, -0.25) is 18.8 Å². The van der Waals surface area contributed by atoms with Crippen molar-refractivity contribution in [2.45, 2.75) is 33.0 Å². The van der Waals surface area contributed by atoms with E-state index in [0.29, 0.717) is 29.8 Å². The van der Waals surface area contributed by atoms with Crippen molar-refractivity contribution in [2.24, 2.45) is 7.05 Å². The van der Waals surface area contributed by atoms with Crippen molar-refractivity contribution in [3.05, 3.63) is 46.6 Å². The van der Waals surface area contributed by atoms with Crippen LogP contribution in [0.5, 0.6) is 0 Å². The number of carbonyl (C=O) groups is 1. The average molecular weight is 436 g/mol. The molecule has 11 heteroatoms. The van der Waals surface area contributed by atoms with Gasteiger partial charge in [-0.25, -0.2) is 4.98 Å². The third-order valence-electron chi connectivity index (χ3n) is 5.00. The molecule has 0 bridgehead atoms. The molecular weight excluding hydrogens is 413 g/mol. The van der Waals surface area contributed by atoms with Gasteiger partial charge in [-0.15, -0.1) is 0 Å². The van der Waals surface area contributed by atoms with Crippen LogP contribution in [0.1, 0.15) is 25.8 Å². The third-order valence-corrected chi connectivity index (χ3v) is 5.00. The topological polar surface area (TPSA) is 85.1 Å². The van der Waals surface area contributed by atoms with Crippen LogP contribution in [0.25, 0.3) is 11.0 Å². The molecule has 0 saturated carbocycles. The second-order valence-electron chi connectivity index (χ2n) is 6.95. The zero-order chi connectivity index (χ0) is 22.8. The monoisotopic (exact) mass is 436 g/mol. The van der Waals surface area contributed by atoms with E-state index in [4.69, 9.17) is 0 Å². The summed E-state index contributed by atoms with van der Waals surface area (Å²) in [6.45, 7) is 4.91. The third kappa shape index (κ3) is 4.70. The predicted molar refractivity (Wildman–Crippen MR) is 111 cm³/mol. The molecule has 2 aromatic heterocycles. The van der Waals surface area contributed by atoms with Gasteiger partial charge in [0.15, 0.2) is 5.65 Å². The highest BCUT2D eigenvalue weighted by Crippen LogP contribution is 2.35. The lowest BCUT2D eigenvalue weighted by molar-refractivity contribution is -0.137. The first-order valence-corrected chi connectivity index (χ1v) is 9.78. The van der Waals surface area contributed by atoms with Gasteiger partial charge in [0.25, 0.3) is 5.56 Å². The molecule has 0 radical (unpaired) electrons. The molecule has 2 heterocycles. The van der Waals surface area contributed by atoms with Gasteiger partial charge in [-0.2, -0.15) is 18.3 Å². The van der Waals surface area contributed by atoms with Crippen molar-refractivity contribution in [1.29, 1.82) is 0 Å². The van der Waals surface area contributed by atoms with Gasteiger partial charge in [-0.05, 0) is 32.0 Å². The second-order valence-corrected chi connectivity index (χ2v) is 6.95. The minimum absolute atomic E-state index is 0.0298. The fourth-order valence-electron chi connectivity index (χ4n) is 3.31. The molecule has 31 heavy (non-hydrogen) atoms. The zero-order valence-electron chi connectivity index (χ0n) is 17.4. The smallest absolute Gasteiger partial charge is 0.370 e. The summed E-state index contributed by atoms with van der Waals surface area (Å²) in [6, 6.07) is 3.29. The molecule has 8 nitrogen and oxygen atoms in total. The lowest BCUT2D eigenvalue weighted by atomic mass is 10.1. The molecule has 0 aliphatic carbocycles. The molecule has 0 unspecified atom stereocenters. The minimum Gasteiger partial charge on any atom is -0.370 e. The summed E-state index contributed by atoms with van der Waals surface area (Å²) in [5, 5.41) is 6.88. The van der Waals surface area contributed by atoms with E-state index >= 15 is 0 Å². The van der Waals surface area contributed by atoms with Crippen molar-refractivity contribution < 1.29 is 18.0 Å². The Morgan fingerprint density at radius 1 is 1.23 bits per heavy atom. The first-order chi connectivity index (χ1) is 14.7. The van der Waals surface area contributed by atoms with Gasteiger partial charge in [0.05, 0.1) is 29.5 Å². The molecule has 0 fully saturated rings. The van der Waals surface area contributed by atoms with E-state index in [0.717, 1.165) is 12.1 Å². The molecule has 1 amide bonds. The van der Waals surface area contributed by atoms with E-state index in [2.05, 4.69) is 15.4 Å². The number of fused-ring (bicyclic) bond motifs is 1. The van der Waals surface area contributed by atoms with Crippen molar-refractivity contribution >= 4 is 28.3 Å². The molecule has 0 atom stereocenters. The quantitative estimate of drug-likeness (QED) is 0.616. The largest absolute Gasteiger partial charge is 0.416 e. The van der Waals surface area contributed by atoms with Crippen LogP contribution in [0.3, 0.4) is 0 Å². The molecule has 0 aliphatic heterocycles. The Labute approximate surface area is 176 Å². The van der Waals surface area contributed by atoms with Crippen LogP contribution in [0.15, 0.2) is 35.5 Å². The summed E-state index contributed by atoms with van der Waals surface area (Å²) >= 11 is 0. The summed E-state index contributed by atoms with van der Waals surface area (Å²) in [5.74, 6) is -0.508. The van der Waals surface area contributed by atoms with Crippen LogP contribution in [0.4, 0.5) is 24.5 Å². The maximum Gasteiger partial charge on any atom is 0.416 e. The van der Waals surface area contributed by atoms with Crippen LogP contribution in [-0.2, 0) is 24.6 Å². The predicted octanol–water partition coefficient (Wildman–Crippen LogP) is 3.02. The Kier molecular flexibility index (Phi) is 6.32. The van der Waals surface area contributed by atoms with Gasteiger partial charge in [0.2, 0.25) is 5.91 Å². The number of anilines is 2. The highest BCUT2D eigenvalue weighted by atomic mass is 19.4. The lowest BCUT2D eigenvalue weighted by Crippen LogP contribution is -2.26. The van der Waals surface area contributed by atoms with Gasteiger partial charge in [0.1, 0.15) is 5.39 Å². The van der Waals surface area contributed by atoms with Gasteiger partial charge in [0, 0.05) is 33.1 Å². The van der Waals surface area contributed by atoms with E-state index < -0.39 is 17.6 Å². The number of nitrogens with zero attached hydrogens (tertiary/aromatic N) is 5. The number of aromatic nitrogens is 4. The number of aryl methyl sites for hydroxylation is 2. The number of nitrogens with one attached hydrogen (secondary N) is 1. The first-order valence-electron chi connectivity index (χ1n) is 9.78. The van der Waals surface area contributed by atoms with Crippen molar-refractivity contribution in [1.82, 2.24) is 19.3 Å². The van der Waals surface area contributed by atoms with E-state index in [1.165, 1.54) is 27.8 Å². The minimum atomic E-state index is -4.53. The highest BCUT2D eigenvalue weighted by Gasteiger charge is 2.31. The zero-order valence-corrected chi connectivity index (χ0v) is 17.4. The number of hydrogen-bond acceptors (Lipinski definition) is 5. The van der Waals surface area contributed by atoms with Crippen molar-refractivity contribution in [2.75, 3.05) is 23.3 Å². The molecule has 1 N–H and O–H groups in total. The molecule has 1 aromatic carbocycles. The first kappa shape index (κ1) is 22.3.